The number of rotatable bonds is 9. The van der Waals surface area contributed by atoms with Crippen molar-refractivity contribution in [3.8, 4) is 11.8 Å². The fraction of sp³-hybridized carbons (Fsp3) is 0.208. The summed E-state index contributed by atoms with van der Waals surface area (Å²) in [5, 5.41) is 11.8. The Hall–Kier alpha value is -4.29. The van der Waals surface area contributed by atoms with E-state index in [1.165, 1.54) is 25.3 Å². The Morgan fingerprint density at radius 2 is 1.70 bits per heavy atom. The molecule has 0 saturated heterocycles. The third kappa shape index (κ3) is 5.70. The van der Waals surface area contributed by atoms with E-state index in [-0.39, 0.29) is 30.8 Å². The van der Waals surface area contributed by atoms with E-state index in [1.54, 1.807) is 36.4 Å². The van der Waals surface area contributed by atoms with Crippen LogP contribution in [0.15, 0.2) is 54.1 Å². The van der Waals surface area contributed by atoms with Crippen LogP contribution in [0.3, 0.4) is 0 Å². The first kappa shape index (κ1) is 23.4. The fourth-order valence-electron chi connectivity index (χ4n) is 3.14. The Morgan fingerprint density at radius 1 is 1.06 bits per heavy atom. The molecule has 0 saturated carbocycles. The maximum absolute atomic E-state index is 12.3. The number of nitrogens with one attached hydrogen (secondary N) is 1. The Kier molecular flexibility index (Phi) is 7.68. The molecule has 0 aliphatic carbocycles. The predicted molar refractivity (Wildman–Crippen MR) is 117 cm³/mol. The lowest BCUT2D eigenvalue weighted by Crippen LogP contribution is -2.32. The van der Waals surface area contributed by atoms with Crippen molar-refractivity contribution in [1.29, 1.82) is 5.26 Å². The minimum Gasteiger partial charge on any atom is -0.426 e. The number of hydrogen-bond acceptors (Lipinski definition) is 7. The number of amides is 3. The monoisotopic (exact) mass is 447 g/mol. The minimum absolute atomic E-state index is 0.0724. The molecule has 1 N–H and O–H groups in total. The second-order valence-electron chi connectivity index (χ2n) is 7.02. The van der Waals surface area contributed by atoms with Crippen LogP contribution < -0.4 is 10.1 Å². The summed E-state index contributed by atoms with van der Waals surface area (Å²) in [4.78, 5) is 49.9. The van der Waals surface area contributed by atoms with Gasteiger partial charge in [0.15, 0.2) is 0 Å². The van der Waals surface area contributed by atoms with Crippen LogP contribution in [0.4, 0.5) is 0 Å². The van der Waals surface area contributed by atoms with Gasteiger partial charge in [0, 0.05) is 20.2 Å². The molecule has 168 valence electrons. The Morgan fingerprint density at radius 3 is 2.27 bits per heavy atom. The Labute approximate surface area is 190 Å². The van der Waals surface area contributed by atoms with Gasteiger partial charge in [-0.25, -0.2) is 0 Å². The average molecular weight is 447 g/mol. The first-order valence-corrected chi connectivity index (χ1v) is 10.1. The molecular weight excluding hydrogens is 426 g/mol. The van der Waals surface area contributed by atoms with Crippen LogP contribution >= 0.6 is 0 Å². The van der Waals surface area contributed by atoms with Crippen LogP contribution in [0.5, 0.6) is 5.75 Å². The second kappa shape index (κ2) is 10.8. The maximum atomic E-state index is 12.3. The van der Waals surface area contributed by atoms with Crippen molar-refractivity contribution >= 4 is 29.8 Å². The molecule has 1 aliphatic rings. The molecule has 3 amide bonds. The van der Waals surface area contributed by atoms with Crippen LogP contribution in [0.2, 0.25) is 0 Å². The van der Waals surface area contributed by atoms with Crippen molar-refractivity contribution in [1.82, 2.24) is 10.2 Å². The normalized spacial score (nSPS) is 12.8. The van der Waals surface area contributed by atoms with Crippen LogP contribution in [0.1, 0.15) is 32.7 Å². The highest BCUT2D eigenvalue weighted by Crippen LogP contribution is 2.22. The first-order chi connectivity index (χ1) is 15.9. The SMILES string of the molecule is COCCNC(=O)/C(C#N)=C/c1ccc(OC(=O)CCN2C(=O)c3ccccc3C2=O)cc1. The second-order valence-corrected chi connectivity index (χ2v) is 7.02. The molecule has 1 aliphatic heterocycles. The van der Waals surface area contributed by atoms with Crippen LogP contribution in [-0.2, 0) is 14.3 Å². The number of ether oxygens (including phenoxy) is 2. The van der Waals surface area contributed by atoms with Gasteiger partial charge in [0.1, 0.15) is 17.4 Å². The molecule has 0 fully saturated rings. The summed E-state index contributed by atoms with van der Waals surface area (Å²) in [5.74, 6) is -1.73. The number of fused-ring (bicyclic) bond motifs is 1. The van der Waals surface area contributed by atoms with Gasteiger partial charge in [0.05, 0.1) is 24.2 Å². The number of carbonyl (C=O) groups is 4. The summed E-state index contributed by atoms with van der Waals surface area (Å²) in [7, 11) is 1.51. The molecule has 0 aromatic heterocycles. The minimum atomic E-state index is -0.606. The van der Waals surface area contributed by atoms with Crippen molar-refractivity contribution in [2.24, 2.45) is 0 Å². The lowest BCUT2D eigenvalue weighted by molar-refractivity contribution is -0.134. The molecule has 2 aromatic rings. The molecule has 9 heteroatoms. The molecule has 0 radical (unpaired) electrons. The number of imide groups is 1. The summed E-state index contributed by atoms with van der Waals surface area (Å²) < 4.78 is 10.1. The molecule has 0 spiro atoms. The highest BCUT2D eigenvalue weighted by molar-refractivity contribution is 6.21. The van der Waals surface area contributed by atoms with Crippen LogP contribution in [0.25, 0.3) is 6.08 Å². The zero-order valence-corrected chi connectivity index (χ0v) is 17.9. The van der Waals surface area contributed by atoms with E-state index >= 15 is 0 Å². The van der Waals surface area contributed by atoms with Crippen LogP contribution in [0, 0.1) is 11.3 Å². The van der Waals surface area contributed by atoms with Gasteiger partial charge in [-0.1, -0.05) is 24.3 Å². The molecule has 0 unspecified atom stereocenters. The Balaban J connectivity index is 1.54. The van der Waals surface area contributed by atoms with Gasteiger partial charge < -0.3 is 14.8 Å². The number of nitriles is 1. The lowest BCUT2D eigenvalue weighted by atomic mass is 10.1. The van der Waals surface area contributed by atoms with Gasteiger partial charge in [-0.05, 0) is 35.9 Å². The first-order valence-electron chi connectivity index (χ1n) is 10.1. The smallest absolute Gasteiger partial charge is 0.312 e. The molecule has 33 heavy (non-hydrogen) atoms. The van der Waals surface area contributed by atoms with Gasteiger partial charge in [-0.15, -0.1) is 0 Å². The zero-order chi connectivity index (χ0) is 23.8. The van der Waals surface area contributed by atoms with E-state index in [9.17, 15) is 24.4 Å². The number of methoxy groups -OCH3 is 1. The topological polar surface area (TPSA) is 126 Å². The third-order valence-corrected chi connectivity index (χ3v) is 4.80. The standard InChI is InChI=1S/C24H21N3O6/c1-32-13-11-26-22(29)17(15-25)14-16-6-8-18(9-7-16)33-21(28)10-12-27-23(30)19-4-2-3-5-20(19)24(27)31/h2-9,14H,10-13H2,1H3,(H,26,29)/b17-14+. The van der Waals surface area contributed by atoms with Crippen molar-refractivity contribution in [3.63, 3.8) is 0 Å². The molecule has 9 nitrogen and oxygen atoms in total. The van der Waals surface area contributed by atoms with Gasteiger partial charge in [-0.3, -0.25) is 24.1 Å². The van der Waals surface area contributed by atoms with E-state index in [1.807, 2.05) is 6.07 Å². The summed E-state index contributed by atoms with van der Waals surface area (Å²) in [6.07, 6.45) is 1.25. The van der Waals surface area contributed by atoms with Crippen LogP contribution in [-0.4, -0.2) is 55.4 Å². The van der Waals surface area contributed by atoms with E-state index in [0.717, 1.165) is 4.90 Å². The molecule has 1 heterocycles. The van der Waals surface area contributed by atoms with E-state index in [4.69, 9.17) is 9.47 Å². The predicted octanol–water partition coefficient (Wildman–Crippen LogP) is 1.95. The van der Waals surface area contributed by atoms with E-state index in [2.05, 4.69) is 5.32 Å². The van der Waals surface area contributed by atoms with Crippen molar-refractivity contribution in [2.45, 2.75) is 6.42 Å². The highest BCUT2D eigenvalue weighted by atomic mass is 16.5. The highest BCUT2D eigenvalue weighted by Gasteiger charge is 2.35. The lowest BCUT2D eigenvalue weighted by Gasteiger charge is -2.13. The van der Waals surface area contributed by atoms with Gasteiger partial charge >= 0.3 is 5.97 Å². The Bertz CT molecular complexity index is 1110. The summed E-state index contributed by atoms with van der Waals surface area (Å²) >= 11 is 0. The van der Waals surface area contributed by atoms with E-state index in [0.29, 0.717) is 23.3 Å². The maximum Gasteiger partial charge on any atom is 0.312 e. The van der Waals surface area contributed by atoms with Gasteiger partial charge in [0.25, 0.3) is 17.7 Å². The number of nitrogens with zero attached hydrogens (tertiary/aromatic N) is 2. The van der Waals surface area contributed by atoms with Gasteiger partial charge in [0.2, 0.25) is 0 Å². The average Bonchev–Trinajstić information content (AvgIpc) is 3.07. The number of esters is 1. The van der Waals surface area contributed by atoms with E-state index < -0.39 is 23.7 Å². The van der Waals surface area contributed by atoms with Gasteiger partial charge in [-0.2, -0.15) is 5.26 Å². The third-order valence-electron chi connectivity index (χ3n) is 4.80. The summed E-state index contributed by atoms with van der Waals surface area (Å²) in [5.41, 5.74) is 1.14. The van der Waals surface area contributed by atoms with Crippen molar-refractivity contribution < 1.29 is 28.7 Å². The fourth-order valence-corrected chi connectivity index (χ4v) is 3.14. The zero-order valence-electron chi connectivity index (χ0n) is 17.9. The number of benzene rings is 2. The molecule has 2 aromatic carbocycles. The molecular formula is C24H21N3O6. The summed E-state index contributed by atoms with van der Waals surface area (Å²) in [6.45, 7) is 0.525. The molecule has 3 rings (SSSR count). The number of hydrogen-bond donors (Lipinski definition) is 1. The number of carbonyl (C=O) groups excluding carboxylic acids is 4. The van der Waals surface area contributed by atoms with Crippen molar-refractivity contribution in [2.75, 3.05) is 26.8 Å². The quantitative estimate of drug-likeness (QED) is 0.155. The largest absolute Gasteiger partial charge is 0.426 e. The summed E-state index contributed by atoms with van der Waals surface area (Å²) in [6, 6.07) is 14.6. The molecule has 0 atom stereocenters. The molecule has 0 bridgehead atoms. The van der Waals surface area contributed by atoms with Crippen molar-refractivity contribution in [3.05, 3.63) is 70.8 Å².